The lowest BCUT2D eigenvalue weighted by molar-refractivity contribution is 0.00578. The van der Waals surface area contributed by atoms with Crippen molar-refractivity contribution in [3.8, 4) is 0 Å². The Bertz CT molecular complexity index is 1260. The summed E-state index contributed by atoms with van der Waals surface area (Å²) < 4.78 is 41.8. The minimum Gasteiger partial charge on any atom is -0.399 e. The van der Waals surface area contributed by atoms with Crippen LogP contribution >= 0.6 is 0 Å². The fourth-order valence-corrected chi connectivity index (χ4v) is 5.45. The van der Waals surface area contributed by atoms with E-state index in [1.54, 1.807) is 10.7 Å². The number of amides is 2. The van der Waals surface area contributed by atoms with Crippen LogP contribution in [0.1, 0.15) is 85.8 Å². The van der Waals surface area contributed by atoms with Gasteiger partial charge in [-0.25, -0.2) is 17.9 Å². The highest BCUT2D eigenvalue weighted by atomic mass is 32.2. The summed E-state index contributed by atoms with van der Waals surface area (Å²) in [5, 5.41) is 6.93. The molecule has 37 heavy (non-hydrogen) atoms. The minimum absolute atomic E-state index is 0.0430. The lowest BCUT2D eigenvalue weighted by Crippen LogP contribution is -2.41. The summed E-state index contributed by atoms with van der Waals surface area (Å²) in [5.41, 5.74) is 1.26. The Balaban J connectivity index is 1.44. The summed E-state index contributed by atoms with van der Waals surface area (Å²) in [4.78, 5) is 12.7. The van der Waals surface area contributed by atoms with Crippen molar-refractivity contribution in [3.63, 3.8) is 0 Å². The number of urea groups is 1. The van der Waals surface area contributed by atoms with Gasteiger partial charge in [0, 0.05) is 17.9 Å². The molecule has 2 aliphatic rings. The largest absolute Gasteiger partial charge is 0.494 e. The first kappa shape index (κ1) is 27.7. The number of benzene rings is 1. The lowest BCUT2D eigenvalue weighted by Gasteiger charge is -2.32. The van der Waals surface area contributed by atoms with Crippen LogP contribution in [0.15, 0.2) is 35.5 Å². The lowest BCUT2D eigenvalue weighted by atomic mass is 9.77. The van der Waals surface area contributed by atoms with Crippen LogP contribution in [0.25, 0.3) is 0 Å². The van der Waals surface area contributed by atoms with Gasteiger partial charge in [-0.1, -0.05) is 32.9 Å². The summed E-state index contributed by atoms with van der Waals surface area (Å²) in [6.07, 6.45) is 4.91. The van der Waals surface area contributed by atoms with Gasteiger partial charge in [0.15, 0.2) is 0 Å². The smallest absolute Gasteiger partial charge is 0.399 e. The van der Waals surface area contributed by atoms with Crippen molar-refractivity contribution in [2.24, 2.45) is 11.8 Å². The highest BCUT2D eigenvalue weighted by Crippen LogP contribution is 2.43. The van der Waals surface area contributed by atoms with Crippen molar-refractivity contribution in [1.82, 2.24) is 14.5 Å². The molecule has 2 unspecified atom stereocenters. The Kier molecular flexibility index (Phi) is 7.28. The van der Waals surface area contributed by atoms with E-state index in [1.165, 1.54) is 18.8 Å². The van der Waals surface area contributed by atoms with Crippen molar-refractivity contribution in [3.05, 3.63) is 36.2 Å². The Morgan fingerprint density at radius 1 is 1.19 bits per heavy atom. The predicted octanol–water partition coefficient (Wildman–Crippen LogP) is 4.42. The molecule has 1 aromatic heterocycles. The van der Waals surface area contributed by atoms with E-state index in [4.69, 9.17) is 9.31 Å². The van der Waals surface area contributed by atoms with Gasteiger partial charge in [-0.05, 0) is 82.3 Å². The van der Waals surface area contributed by atoms with E-state index >= 15 is 0 Å². The van der Waals surface area contributed by atoms with Crippen molar-refractivity contribution in [2.75, 3.05) is 5.32 Å². The Morgan fingerprint density at radius 2 is 1.81 bits per heavy atom. The van der Waals surface area contributed by atoms with Gasteiger partial charge < -0.3 is 14.6 Å². The zero-order chi connectivity index (χ0) is 27.3. The van der Waals surface area contributed by atoms with Crippen LogP contribution < -0.4 is 15.5 Å². The number of anilines is 1. The van der Waals surface area contributed by atoms with Crippen LogP contribution in [0, 0.1) is 11.8 Å². The number of rotatable bonds is 8. The number of sulfonamides is 1. The quantitative estimate of drug-likeness (QED) is 0.489. The first-order chi connectivity index (χ1) is 17.1. The molecule has 9 nitrogen and oxygen atoms in total. The minimum atomic E-state index is -4.08. The Hall–Kier alpha value is -2.37. The first-order valence-electron chi connectivity index (χ1n) is 13.0. The number of hydrogen-bond donors (Lipinski definition) is 2. The van der Waals surface area contributed by atoms with Gasteiger partial charge in [0.05, 0.1) is 17.4 Å². The third-order valence-electron chi connectivity index (χ3n) is 7.96. The molecule has 0 spiro atoms. The number of nitrogens with zero attached hydrogens (tertiary/aromatic N) is 2. The summed E-state index contributed by atoms with van der Waals surface area (Å²) in [6, 6.07) is 4.76. The van der Waals surface area contributed by atoms with E-state index in [0.29, 0.717) is 17.5 Å². The molecule has 1 aliphatic carbocycles. The average molecular weight is 531 g/mol. The molecule has 2 heterocycles. The maximum absolute atomic E-state index is 12.9. The monoisotopic (exact) mass is 530 g/mol. The van der Waals surface area contributed by atoms with Gasteiger partial charge in [0.2, 0.25) is 0 Å². The molecular formula is C26H39BN4O5S. The van der Waals surface area contributed by atoms with Crippen LogP contribution in [0.5, 0.6) is 0 Å². The predicted molar refractivity (Wildman–Crippen MR) is 144 cm³/mol. The molecule has 0 bridgehead atoms. The Morgan fingerprint density at radius 3 is 2.38 bits per heavy atom. The second kappa shape index (κ2) is 9.74. The fourth-order valence-electron chi connectivity index (χ4n) is 4.60. The highest BCUT2D eigenvalue weighted by Gasteiger charge is 2.51. The zero-order valence-corrected chi connectivity index (χ0v) is 23.8. The number of nitrogens with one attached hydrogen (secondary N) is 2. The summed E-state index contributed by atoms with van der Waals surface area (Å²) >= 11 is 0. The Labute approximate surface area is 220 Å². The van der Waals surface area contributed by atoms with Crippen molar-refractivity contribution in [1.29, 1.82) is 0 Å². The van der Waals surface area contributed by atoms with Crippen LogP contribution in [0.2, 0.25) is 0 Å². The van der Waals surface area contributed by atoms with E-state index in [0.717, 1.165) is 17.4 Å². The van der Waals surface area contributed by atoms with Crippen LogP contribution in [-0.4, -0.2) is 42.5 Å². The normalized spacial score (nSPS) is 23.2. The van der Waals surface area contributed by atoms with Gasteiger partial charge in [0.1, 0.15) is 4.90 Å². The second-order valence-electron chi connectivity index (χ2n) is 11.9. The third-order valence-corrected chi connectivity index (χ3v) is 9.24. The molecule has 4 rings (SSSR count). The van der Waals surface area contributed by atoms with E-state index in [-0.39, 0.29) is 16.9 Å². The topological polar surface area (TPSA) is 112 Å². The maximum Gasteiger partial charge on any atom is 0.494 e. The molecule has 1 saturated heterocycles. The van der Waals surface area contributed by atoms with E-state index in [9.17, 15) is 13.2 Å². The molecular weight excluding hydrogens is 491 g/mol. The molecule has 202 valence electrons. The SMILES string of the molecule is CC(C)c1cc(B2OC(C)(C)C(C)(C)O2)ccc1NC(=O)NS(=O)(=O)c1cnn(C(C)C[C@H]2CC2C)c1. The van der Waals surface area contributed by atoms with Gasteiger partial charge in [-0.2, -0.15) is 5.10 Å². The van der Waals surface area contributed by atoms with Gasteiger partial charge in [0.25, 0.3) is 10.0 Å². The van der Waals surface area contributed by atoms with Crippen molar-refractivity contribution >= 4 is 34.3 Å². The van der Waals surface area contributed by atoms with E-state index < -0.39 is 34.4 Å². The van der Waals surface area contributed by atoms with Crippen LogP contribution in [0.3, 0.4) is 0 Å². The van der Waals surface area contributed by atoms with Gasteiger partial charge in [-0.3, -0.25) is 4.68 Å². The molecule has 1 aliphatic heterocycles. The summed E-state index contributed by atoms with van der Waals surface area (Å²) in [5.74, 6) is 1.44. The molecule has 2 aromatic rings. The van der Waals surface area contributed by atoms with E-state index in [2.05, 4.69) is 22.1 Å². The molecule has 1 aromatic carbocycles. The summed E-state index contributed by atoms with van der Waals surface area (Å²) in [6.45, 7) is 16.2. The van der Waals surface area contributed by atoms with Crippen molar-refractivity contribution in [2.45, 2.75) is 96.3 Å². The van der Waals surface area contributed by atoms with Crippen molar-refractivity contribution < 1.29 is 22.5 Å². The average Bonchev–Trinajstić information content (AvgIpc) is 3.18. The molecule has 0 radical (unpaired) electrons. The zero-order valence-electron chi connectivity index (χ0n) is 23.0. The highest BCUT2D eigenvalue weighted by molar-refractivity contribution is 7.90. The van der Waals surface area contributed by atoms with Crippen LogP contribution in [0.4, 0.5) is 10.5 Å². The second-order valence-corrected chi connectivity index (χ2v) is 13.5. The molecule has 2 fully saturated rings. The number of carbonyl (C=O) groups excluding carboxylic acids is 1. The van der Waals surface area contributed by atoms with Gasteiger partial charge >= 0.3 is 13.1 Å². The maximum atomic E-state index is 12.9. The third kappa shape index (κ3) is 5.88. The molecule has 2 N–H and O–H groups in total. The summed E-state index contributed by atoms with van der Waals surface area (Å²) in [7, 11) is -4.62. The fraction of sp³-hybridized carbons (Fsp3) is 0.615. The van der Waals surface area contributed by atoms with E-state index in [1.807, 2.05) is 60.6 Å². The molecule has 11 heteroatoms. The standard InChI is InChI=1S/C26H39BN4O5S/c1-16(2)22-13-20(27-35-25(5,6)26(7,8)36-27)9-10-23(22)29-24(32)30-37(33,34)21-14-28-31(15-21)18(4)12-19-11-17(19)3/h9-10,13-19H,11-12H2,1-8H3,(H2,29,30,32)/t17?,18?,19-/m1/s1. The first-order valence-corrected chi connectivity index (χ1v) is 14.5. The molecule has 2 amide bonds. The molecule has 3 atom stereocenters. The molecule has 1 saturated carbocycles. The number of carbonyl (C=O) groups is 1. The van der Waals surface area contributed by atoms with Crippen LogP contribution in [-0.2, 0) is 19.3 Å². The van der Waals surface area contributed by atoms with Gasteiger partial charge in [-0.15, -0.1) is 0 Å². The number of aromatic nitrogens is 2. The number of hydrogen-bond acceptors (Lipinski definition) is 6.